The van der Waals surface area contributed by atoms with Crippen LogP contribution in [0.4, 0.5) is 0 Å². The van der Waals surface area contributed by atoms with Crippen molar-refractivity contribution in [3.05, 3.63) is 0 Å². The SMILES string of the molecule is CC(CC#N)N(C)C(=O)C1(C#N)CCOCC1. The maximum absolute atomic E-state index is 12.3. The van der Waals surface area contributed by atoms with E-state index in [0.29, 0.717) is 26.1 Å². The van der Waals surface area contributed by atoms with Crippen molar-refractivity contribution < 1.29 is 9.53 Å². The summed E-state index contributed by atoms with van der Waals surface area (Å²) in [5.74, 6) is -0.189. The maximum Gasteiger partial charge on any atom is 0.243 e. The number of carbonyl (C=O) groups is 1. The third kappa shape index (κ3) is 2.75. The van der Waals surface area contributed by atoms with Crippen molar-refractivity contribution in [3.63, 3.8) is 0 Å². The summed E-state index contributed by atoms with van der Waals surface area (Å²) in [5.41, 5.74) is -0.962. The largest absolute Gasteiger partial charge is 0.381 e. The van der Waals surface area contributed by atoms with Crippen LogP contribution >= 0.6 is 0 Å². The van der Waals surface area contributed by atoms with Gasteiger partial charge in [-0.05, 0) is 19.8 Å². The van der Waals surface area contributed by atoms with E-state index in [1.165, 1.54) is 4.90 Å². The maximum atomic E-state index is 12.3. The molecule has 17 heavy (non-hydrogen) atoms. The summed E-state index contributed by atoms with van der Waals surface area (Å²) in [6.07, 6.45) is 1.15. The lowest BCUT2D eigenvalue weighted by Crippen LogP contribution is -2.47. The monoisotopic (exact) mass is 235 g/mol. The quantitative estimate of drug-likeness (QED) is 0.733. The number of amides is 1. The predicted molar refractivity (Wildman–Crippen MR) is 60.6 cm³/mol. The minimum Gasteiger partial charge on any atom is -0.381 e. The minimum absolute atomic E-state index is 0.166. The van der Waals surface area contributed by atoms with E-state index >= 15 is 0 Å². The van der Waals surface area contributed by atoms with Gasteiger partial charge in [0.1, 0.15) is 5.41 Å². The van der Waals surface area contributed by atoms with E-state index in [9.17, 15) is 10.1 Å². The lowest BCUT2D eigenvalue weighted by Gasteiger charge is -2.35. The molecule has 1 amide bonds. The van der Waals surface area contributed by atoms with E-state index in [1.54, 1.807) is 7.05 Å². The zero-order valence-electron chi connectivity index (χ0n) is 10.3. The Bertz CT molecular complexity index is 361. The van der Waals surface area contributed by atoms with Crippen LogP contribution in [0, 0.1) is 28.1 Å². The molecule has 0 aromatic rings. The Morgan fingerprint density at radius 2 is 2.06 bits per heavy atom. The molecule has 0 aromatic carbocycles. The number of nitrogens with zero attached hydrogens (tertiary/aromatic N) is 3. The Kier molecular flexibility index (Phi) is 4.48. The Labute approximate surface area is 102 Å². The number of nitriles is 2. The molecule has 0 aliphatic carbocycles. The van der Waals surface area contributed by atoms with Gasteiger partial charge in [0.15, 0.2) is 0 Å². The van der Waals surface area contributed by atoms with Gasteiger partial charge < -0.3 is 9.64 Å². The third-order valence-corrected chi connectivity index (χ3v) is 3.34. The van der Waals surface area contributed by atoms with Crippen LogP contribution in [-0.2, 0) is 9.53 Å². The molecule has 1 unspecified atom stereocenters. The molecule has 5 heteroatoms. The zero-order chi connectivity index (χ0) is 12.9. The Morgan fingerprint density at radius 3 is 2.53 bits per heavy atom. The van der Waals surface area contributed by atoms with Crippen LogP contribution in [0.1, 0.15) is 26.2 Å². The van der Waals surface area contributed by atoms with Crippen LogP contribution < -0.4 is 0 Å². The number of carbonyl (C=O) groups excluding carboxylic acids is 1. The average molecular weight is 235 g/mol. The van der Waals surface area contributed by atoms with Gasteiger partial charge in [-0.1, -0.05) is 0 Å². The van der Waals surface area contributed by atoms with Crippen LogP contribution in [0.2, 0.25) is 0 Å². The van der Waals surface area contributed by atoms with Crippen LogP contribution in [0.3, 0.4) is 0 Å². The van der Waals surface area contributed by atoms with E-state index in [-0.39, 0.29) is 18.4 Å². The second kappa shape index (κ2) is 5.65. The lowest BCUT2D eigenvalue weighted by atomic mass is 9.80. The highest BCUT2D eigenvalue weighted by molar-refractivity contribution is 5.85. The molecular weight excluding hydrogens is 218 g/mol. The van der Waals surface area contributed by atoms with E-state index in [4.69, 9.17) is 10.00 Å². The first-order valence-electron chi connectivity index (χ1n) is 5.70. The van der Waals surface area contributed by atoms with Crippen LogP contribution in [0.25, 0.3) is 0 Å². The van der Waals surface area contributed by atoms with Gasteiger partial charge in [-0.15, -0.1) is 0 Å². The molecule has 1 atom stereocenters. The van der Waals surface area contributed by atoms with Crippen LogP contribution in [-0.4, -0.2) is 37.1 Å². The van der Waals surface area contributed by atoms with Crippen molar-refractivity contribution in [2.45, 2.75) is 32.2 Å². The van der Waals surface area contributed by atoms with E-state index < -0.39 is 5.41 Å². The van der Waals surface area contributed by atoms with Gasteiger partial charge in [-0.3, -0.25) is 4.79 Å². The Balaban J connectivity index is 2.80. The van der Waals surface area contributed by atoms with Crippen molar-refractivity contribution in [2.24, 2.45) is 5.41 Å². The fourth-order valence-corrected chi connectivity index (χ4v) is 1.90. The predicted octanol–water partition coefficient (Wildman–Crippen LogP) is 1.07. The minimum atomic E-state index is -0.962. The number of hydrogen-bond acceptors (Lipinski definition) is 4. The normalized spacial score (nSPS) is 19.8. The molecular formula is C12H17N3O2. The van der Waals surface area contributed by atoms with Crippen LogP contribution in [0.15, 0.2) is 0 Å². The standard InChI is InChI=1S/C12H17N3O2/c1-10(3-6-13)15(2)11(16)12(9-14)4-7-17-8-5-12/h10H,3-5,7-8H2,1-2H3. The number of hydrogen-bond donors (Lipinski definition) is 0. The van der Waals surface area contributed by atoms with Gasteiger partial charge in [-0.2, -0.15) is 10.5 Å². The van der Waals surface area contributed by atoms with Gasteiger partial charge in [-0.25, -0.2) is 0 Å². The van der Waals surface area contributed by atoms with E-state index in [0.717, 1.165) is 0 Å². The summed E-state index contributed by atoms with van der Waals surface area (Å²) in [7, 11) is 1.65. The van der Waals surface area contributed by atoms with Crippen molar-refractivity contribution in [2.75, 3.05) is 20.3 Å². The molecule has 1 heterocycles. The Hall–Kier alpha value is -1.59. The van der Waals surface area contributed by atoms with Crippen molar-refractivity contribution in [1.82, 2.24) is 4.90 Å². The molecule has 0 aromatic heterocycles. The summed E-state index contributed by atoms with van der Waals surface area (Å²) in [6, 6.07) is 4.01. The van der Waals surface area contributed by atoms with Gasteiger partial charge in [0.25, 0.3) is 0 Å². The topological polar surface area (TPSA) is 77.1 Å². The van der Waals surface area contributed by atoms with E-state index in [2.05, 4.69) is 6.07 Å². The van der Waals surface area contributed by atoms with Gasteiger partial charge in [0.2, 0.25) is 5.91 Å². The molecule has 0 radical (unpaired) electrons. The third-order valence-electron chi connectivity index (χ3n) is 3.34. The molecule has 1 saturated heterocycles. The fraction of sp³-hybridized carbons (Fsp3) is 0.750. The van der Waals surface area contributed by atoms with Gasteiger partial charge in [0, 0.05) is 26.3 Å². The molecule has 0 saturated carbocycles. The lowest BCUT2D eigenvalue weighted by molar-refractivity contribution is -0.143. The number of ether oxygens (including phenoxy) is 1. The highest BCUT2D eigenvalue weighted by atomic mass is 16.5. The second-order valence-corrected chi connectivity index (χ2v) is 4.43. The first-order chi connectivity index (χ1) is 8.07. The highest BCUT2D eigenvalue weighted by Crippen LogP contribution is 2.32. The first-order valence-corrected chi connectivity index (χ1v) is 5.70. The molecule has 0 N–H and O–H groups in total. The van der Waals surface area contributed by atoms with Gasteiger partial charge >= 0.3 is 0 Å². The molecule has 92 valence electrons. The van der Waals surface area contributed by atoms with Crippen molar-refractivity contribution in [1.29, 1.82) is 10.5 Å². The Morgan fingerprint density at radius 1 is 1.47 bits per heavy atom. The van der Waals surface area contributed by atoms with Gasteiger partial charge in [0.05, 0.1) is 18.6 Å². The summed E-state index contributed by atoms with van der Waals surface area (Å²) in [4.78, 5) is 13.8. The summed E-state index contributed by atoms with van der Waals surface area (Å²) >= 11 is 0. The van der Waals surface area contributed by atoms with Crippen molar-refractivity contribution in [3.8, 4) is 12.1 Å². The smallest absolute Gasteiger partial charge is 0.243 e. The fourth-order valence-electron chi connectivity index (χ4n) is 1.90. The summed E-state index contributed by atoms with van der Waals surface area (Å²) < 4.78 is 5.19. The molecule has 5 nitrogen and oxygen atoms in total. The molecule has 1 aliphatic heterocycles. The van der Waals surface area contributed by atoms with Crippen molar-refractivity contribution >= 4 is 5.91 Å². The first kappa shape index (κ1) is 13.5. The molecule has 1 aliphatic rings. The molecule has 1 rings (SSSR count). The van der Waals surface area contributed by atoms with E-state index in [1.807, 2.05) is 13.0 Å². The molecule has 0 spiro atoms. The van der Waals surface area contributed by atoms with Crippen LogP contribution in [0.5, 0.6) is 0 Å². The molecule has 0 bridgehead atoms. The molecule has 1 fully saturated rings. The summed E-state index contributed by atoms with van der Waals surface area (Å²) in [5, 5.41) is 17.9. The zero-order valence-corrected chi connectivity index (χ0v) is 10.3. The highest BCUT2D eigenvalue weighted by Gasteiger charge is 2.43. The second-order valence-electron chi connectivity index (χ2n) is 4.43. The summed E-state index contributed by atoms with van der Waals surface area (Å²) in [6.45, 7) is 2.70. The number of rotatable bonds is 3. The average Bonchev–Trinajstić information content (AvgIpc) is 2.38.